The van der Waals surface area contributed by atoms with Gasteiger partial charge in [0.05, 0.1) is 12.8 Å². The first kappa shape index (κ1) is 16.7. The van der Waals surface area contributed by atoms with Crippen molar-refractivity contribution in [1.29, 1.82) is 0 Å². The van der Waals surface area contributed by atoms with Crippen molar-refractivity contribution in [1.82, 2.24) is 10.3 Å². The second-order valence-electron chi connectivity index (χ2n) is 6.51. The summed E-state index contributed by atoms with van der Waals surface area (Å²) in [5.74, 6) is -3.17. The van der Waals surface area contributed by atoms with E-state index in [1.165, 1.54) is 6.20 Å². The van der Waals surface area contributed by atoms with Gasteiger partial charge in [0, 0.05) is 18.3 Å². The molecule has 4 rings (SSSR count). The molecule has 2 bridgehead atoms. The summed E-state index contributed by atoms with van der Waals surface area (Å²) < 4.78 is 15.5. The first-order chi connectivity index (χ1) is 12.4. The van der Waals surface area contributed by atoms with Crippen molar-refractivity contribution in [3.8, 4) is 17.4 Å². The summed E-state index contributed by atoms with van der Waals surface area (Å²) in [7, 11) is 0. The summed E-state index contributed by atoms with van der Waals surface area (Å²) in [4.78, 5) is 40.4. The summed E-state index contributed by atoms with van der Waals surface area (Å²) >= 11 is 0. The number of nitrogens with one attached hydrogen (secondary N) is 1. The van der Waals surface area contributed by atoms with Crippen LogP contribution in [-0.2, 0) is 14.4 Å². The van der Waals surface area contributed by atoms with Gasteiger partial charge < -0.3 is 24.6 Å². The Kier molecular flexibility index (Phi) is 3.97. The van der Waals surface area contributed by atoms with Crippen LogP contribution >= 0.6 is 0 Å². The number of rotatable bonds is 2. The van der Waals surface area contributed by atoms with Crippen LogP contribution in [0.4, 0.5) is 0 Å². The topological polar surface area (TPSA) is 124 Å². The molecule has 136 valence electrons. The Balaban J connectivity index is 1.80. The number of carbonyl (C=O) groups excluding carboxylic acids is 3. The number of fused-ring (bicyclic) bond motifs is 2. The molecule has 3 aliphatic rings. The Morgan fingerprint density at radius 3 is 2.65 bits per heavy atom. The lowest BCUT2D eigenvalue weighted by Gasteiger charge is -2.29. The molecule has 0 saturated carbocycles. The Bertz CT molecular complexity index is 829. The molecule has 1 aromatic heterocycles. The van der Waals surface area contributed by atoms with E-state index < -0.39 is 36.4 Å². The monoisotopic (exact) mass is 360 g/mol. The van der Waals surface area contributed by atoms with E-state index in [0.717, 1.165) is 19.5 Å². The molecule has 9 heteroatoms. The minimum Gasteiger partial charge on any atom is -0.421 e. The average Bonchev–Trinajstić information content (AvgIpc) is 3.08. The van der Waals surface area contributed by atoms with Crippen molar-refractivity contribution >= 4 is 24.0 Å². The fourth-order valence-corrected chi connectivity index (χ4v) is 3.11. The van der Waals surface area contributed by atoms with Gasteiger partial charge in [0.25, 0.3) is 5.88 Å². The highest BCUT2D eigenvalue weighted by Gasteiger charge is 2.48. The summed E-state index contributed by atoms with van der Waals surface area (Å²) in [6.07, 6.45) is 4.57. The number of aromatic nitrogens is 1. The number of nitrogens with zero attached hydrogens (tertiary/aromatic N) is 1. The highest BCUT2D eigenvalue weighted by Crippen LogP contribution is 2.43. The zero-order chi connectivity index (χ0) is 18.3. The van der Waals surface area contributed by atoms with Crippen LogP contribution in [0.1, 0.15) is 24.8 Å². The number of carbonyl (C=O) groups is 3. The van der Waals surface area contributed by atoms with E-state index in [1.807, 2.05) is 6.08 Å². The van der Waals surface area contributed by atoms with Gasteiger partial charge in [-0.3, -0.25) is 9.59 Å². The van der Waals surface area contributed by atoms with Crippen LogP contribution in [-0.4, -0.2) is 46.7 Å². The molecule has 26 heavy (non-hydrogen) atoms. The van der Waals surface area contributed by atoms with Crippen molar-refractivity contribution in [3.63, 3.8) is 0 Å². The number of esters is 3. The van der Waals surface area contributed by atoms with Crippen molar-refractivity contribution < 1.29 is 33.7 Å². The van der Waals surface area contributed by atoms with Gasteiger partial charge in [-0.2, -0.15) is 0 Å². The van der Waals surface area contributed by atoms with Crippen molar-refractivity contribution in [3.05, 3.63) is 17.8 Å². The number of aliphatic hydroxyl groups is 1. The van der Waals surface area contributed by atoms with Gasteiger partial charge >= 0.3 is 17.9 Å². The van der Waals surface area contributed by atoms with Crippen molar-refractivity contribution in [2.24, 2.45) is 5.92 Å². The maximum atomic E-state index is 12.3. The normalized spacial score (nSPS) is 28.0. The predicted molar refractivity (Wildman–Crippen MR) is 85.3 cm³/mol. The van der Waals surface area contributed by atoms with E-state index in [4.69, 9.17) is 14.2 Å². The van der Waals surface area contributed by atoms with Gasteiger partial charge in [-0.1, -0.05) is 12.2 Å². The van der Waals surface area contributed by atoms with Gasteiger partial charge in [0.15, 0.2) is 11.4 Å². The van der Waals surface area contributed by atoms with Crippen LogP contribution in [0.15, 0.2) is 12.3 Å². The molecule has 3 aliphatic heterocycles. The van der Waals surface area contributed by atoms with Crippen LogP contribution in [0.5, 0.6) is 17.4 Å². The second kappa shape index (κ2) is 6.19. The molecular weight excluding hydrogens is 344 g/mol. The summed E-state index contributed by atoms with van der Waals surface area (Å²) in [6.45, 7) is 1.76. The Hall–Kier alpha value is -2.78. The van der Waals surface area contributed by atoms with Crippen LogP contribution in [0, 0.1) is 5.92 Å². The fourth-order valence-electron chi connectivity index (χ4n) is 3.11. The molecule has 2 N–H and O–H groups in total. The smallest absolute Gasteiger partial charge is 0.345 e. The zero-order valence-corrected chi connectivity index (χ0v) is 13.7. The van der Waals surface area contributed by atoms with Gasteiger partial charge in [0.1, 0.15) is 0 Å². The Morgan fingerprint density at radius 2 is 1.92 bits per heavy atom. The maximum Gasteiger partial charge on any atom is 0.345 e. The van der Waals surface area contributed by atoms with Crippen LogP contribution < -0.4 is 19.5 Å². The molecule has 4 heterocycles. The molecule has 1 aromatic rings. The molecule has 0 radical (unpaired) electrons. The summed E-state index contributed by atoms with van der Waals surface area (Å²) in [5.41, 5.74) is -1.93. The van der Waals surface area contributed by atoms with Gasteiger partial charge in [0.2, 0.25) is 5.75 Å². The molecule has 2 atom stereocenters. The number of pyridine rings is 1. The molecule has 1 unspecified atom stereocenters. The minimum atomic E-state index is -2.33. The second-order valence-corrected chi connectivity index (χ2v) is 6.51. The predicted octanol–water partition coefficient (Wildman–Crippen LogP) is -0.0410. The maximum absolute atomic E-state index is 12.3. The summed E-state index contributed by atoms with van der Waals surface area (Å²) in [5, 5.41) is 13.6. The van der Waals surface area contributed by atoms with E-state index in [0.29, 0.717) is 11.5 Å². The first-order valence-electron chi connectivity index (χ1n) is 8.22. The number of ether oxygens (including phenoxy) is 3. The van der Waals surface area contributed by atoms with E-state index in [2.05, 4.69) is 10.3 Å². The van der Waals surface area contributed by atoms with Crippen molar-refractivity contribution in [2.75, 3.05) is 13.1 Å². The third-order valence-corrected chi connectivity index (χ3v) is 4.50. The highest BCUT2D eigenvalue weighted by molar-refractivity contribution is 5.95. The molecule has 1 saturated heterocycles. The Labute approximate surface area is 147 Å². The van der Waals surface area contributed by atoms with Gasteiger partial charge in [-0.25, -0.2) is 9.78 Å². The van der Waals surface area contributed by atoms with Crippen LogP contribution in [0.25, 0.3) is 6.08 Å². The number of hydrogen-bond acceptors (Lipinski definition) is 9. The molecule has 0 amide bonds. The highest BCUT2D eigenvalue weighted by atomic mass is 16.6. The molecule has 0 aliphatic carbocycles. The lowest BCUT2D eigenvalue weighted by atomic mass is 9.95. The average molecular weight is 360 g/mol. The molecule has 9 nitrogen and oxygen atoms in total. The number of hydrogen-bond donors (Lipinski definition) is 2. The molecular formula is C17H16N2O7. The van der Waals surface area contributed by atoms with Crippen LogP contribution in [0.2, 0.25) is 0 Å². The molecule has 0 spiro atoms. The van der Waals surface area contributed by atoms with E-state index >= 15 is 0 Å². The van der Waals surface area contributed by atoms with Gasteiger partial charge in [-0.15, -0.1) is 0 Å². The van der Waals surface area contributed by atoms with E-state index in [1.54, 1.807) is 6.08 Å². The lowest BCUT2D eigenvalue weighted by Crippen LogP contribution is -2.49. The lowest BCUT2D eigenvalue weighted by molar-refractivity contribution is -0.170. The Morgan fingerprint density at radius 1 is 1.15 bits per heavy atom. The zero-order valence-electron chi connectivity index (χ0n) is 13.7. The minimum absolute atomic E-state index is 0.0627. The van der Waals surface area contributed by atoms with Crippen LogP contribution in [0.3, 0.4) is 0 Å². The quantitative estimate of drug-likeness (QED) is 0.699. The molecule has 0 aromatic carbocycles. The summed E-state index contributed by atoms with van der Waals surface area (Å²) in [6, 6.07) is 0. The fraction of sp³-hybridized carbons (Fsp3) is 0.412. The molecule has 1 fully saturated rings. The third-order valence-electron chi connectivity index (χ3n) is 4.50. The first-order valence-corrected chi connectivity index (χ1v) is 8.22. The third kappa shape index (κ3) is 2.95. The SMILES string of the molecule is O=C1CC2(O)CC(=O)Oc3c(/C=C/[C@H]4CCNC4)cnc(c3OC2=O)O1. The van der Waals surface area contributed by atoms with E-state index in [9.17, 15) is 19.5 Å². The largest absolute Gasteiger partial charge is 0.421 e. The van der Waals surface area contributed by atoms with Crippen molar-refractivity contribution in [2.45, 2.75) is 24.9 Å². The standard InChI is InChI=1S/C17H16N2O7/c20-11-5-17(23)6-12(21)25-15-14(26-16(17)22)13(24-11)10(8-19-15)2-1-9-3-4-18-7-9/h1-2,8-9,18,23H,3-7H2/b2-1+/t9-,17?/m0/s1. The van der Waals surface area contributed by atoms with E-state index in [-0.39, 0.29) is 17.4 Å². The van der Waals surface area contributed by atoms with Gasteiger partial charge in [-0.05, 0) is 18.9 Å².